The SMILES string of the molecule is CC1OCCC1N(C)Cc1cccc(C#N)c1. The first kappa shape index (κ1) is 12.1. The minimum absolute atomic E-state index is 0.305. The molecule has 1 heterocycles. The fourth-order valence-corrected chi connectivity index (χ4v) is 2.44. The van der Waals surface area contributed by atoms with Crippen molar-refractivity contribution < 1.29 is 4.74 Å². The maximum Gasteiger partial charge on any atom is 0.0991 e. The average molecular weight is 230 g/mol. The van der Waals surface area contributed by atoms with Crippen LogP contribution < -0.4 is 0 Å². The Morgan fingerprint density at radius 2 is 2.35 bits per heavy atom. The molecule has 0 radical (unpaired) electrons. The summed E-state index contributed by atoms with van der Waals surface area (Å²) in [6.07, 6.45) is 1.40. The van der Waals surface area contributed by atoms with Gasteiger partial charge < -0.3 is 4.74 Å². The zero-order valence-electron chi connectivity index (χ0n) is 10.4. The van der Waals surface area contributed by atoms with E-state index in [4.69, 9.17) is 10.00 Å². The quantitative estimate of drug-likeness (QED) is 0.798. The Bertz CT molecular complexity index is 424. The summed E-state index contributed by atoms with van der Waals surface area (Å²) < 4.78 is 5.58. The lowest BCUT2D eigenvalue weighted by molar-refractivity contribution is 0.0814. The first-order valence-corrected chi connectivity index (χ1v) is 6.01. The summed E-state index contributed by atoms with van der Waals surface area (Å²) in [5, 5.41) is 8.87. The molecule has 0 aromatic heterocycles. The topological polar surface area (TPSA) is 36.3 Å². The van der Waals surface area contributed by atoms with Crippen molar-refractivity contribution >= 4 is 0 Å². The summed E-state index contributed by atoms with van der Waals surface area (Å²) in [6, 6.07) is 10.5. The Morgan fingerprint density at radius 3 is 3.00 bits per heavy atom. The number of ether oxygens (including phenoxy) is 1. The lowest BCUT2D eigenvalue weighted by atomic mass is 10.1. The molecular weight excluding hydrogens is 212 g/mol. The van der Waals surface area contributed by atoms with E-state index in [0.717, 1.165) is 25.1 Å². The van der Waals surface area contributed by atoms with Gasteiger partial charge in [-0.15, -0.1) is 0 Å². The Labute approximate surface area is 103 Å². The molecule has 0 N–H and O–H groups in total. The number of rotatable bonds is 3. The molecule has 2 rings (SSSR count). The first-order chi connectivity index (χ1) is 8.20. The molecule has 0 bridgehead atoms. The number of hydrogen-bond acceptors (Lipinski definition) is 3. The van der Waals surface area contributed by atoms with Gasteiger partial charge in [0.1, 0.15) is 0 Å². The molecule has 1 aliphatic rings. The van der Waals surface area contributed by atoms with Gasteiger partial charge in [0.05, 0.1) is 17.7 Å². The molecule has 1 aromatic carbocycles. The molecule has 90 valence electrons. The van der Waals surface area contributed by atoms with Crippen LogP contribution in [0.3, 0.4) is 0 Å². The molecule has 0 amide bonds. The van der Waals surface area contributed by atoms with Crippen LogP contribution in [-0.2, 0) is 11.3 Å². The number of likely N-dealkylation sites (N-methyl/N-ethyl adjacent to an activating group) is 1. The molecule has 0 aliphatic carbocycles. The lowest BCUT2D eigenvalue weighted by Gasteiger charge is -2.26. The van der Waals surface area contributed by atoms with Crippen LogP contribution >= 0.6 is 0 Å². The van der Waals surface area contributed by atoms with E-state index in [-0.39, 0.29) is 0 Å². The van der Waals surface area contributed by atoms with E-state index in [1.54, 1.807) is 0 Å². The molecule has 3 nitrogen and oxygen atoms in total. The Kier molecular flexibility index (Phi) is 3.78. The maximum absolute atomic E-state index is 8.87. The predicted octanol–water partition coefficient (Wildman–Crippen LogP) is 2.17. The largest absolute Gasteiger partial charge is 0.377 e. The van der Waals surface area contributed by atoms with Crippen LogP contribution in [0.25, 0.3) is 0 Å². The van der Waals surface area contributed by atoms with E-state index < -0.39 is 0 Å². The third-order valence-corrected chi connectivity index (χ3v) is 3.39. The second-order valence-electron chi connectivity index (χ2n) is 4.66. The van der Waals surface area contributed by atoms with Gasteiger partial charge in [-0.05, 0) is 38.1 Å². The Hall–Kier alpha value is -1.37. The van der Waals surface area contributed by atoms with Crippen LogP contribution in [-0.4, -0.2) is 30.7 Å². The van der Waals surface area contributed by atoms with E-state index in [1.807, 2.05) is 18.2 Å². The summed E-state index contributed by atoms with van der Waals surface area (Å²) in [6.45, 7) is 3.85. The molecule has 1 saturated heterocycles. The zero-order chi connectivity index (χ0) is 12.3. The highest BCUT2D eigenvalue weighted by molar-refractivity contribution is 5.32. The maximum atomic E-state index is 8.87. The van der Waals surface area contributed by atoms with Crippen molar-refractivity contribution in [2.45, 2.75) is 32.0 Å². The molecule has 0 spiro atoms. The van der Waals surface area contributed by atoms with E-state index in [2.05, 4.69) is 31.0 Å². The molecule has 1 aromatic rings. The molecule has 2 unspecified atom stereocenters. The van der Waals surface area contributed by atoms with Crippen LogP contribution in [0, 0.1) is 11.3 Å². The van der Waals surface area contributed by atoms with Crippen molar-refractivity contribution in [1.29, 1.82) is 5.26 Å². The molecule has 17 heavy (non-hydrogen) atoms. The number of nitrogens with zero attached hydrogens (tertiary/aromatic N) is 2. The van der Waals surface area contributed by atoms with Gasteiger partial charge in [0, 0.05) is 19.2 Å². The second-order valence-corrected chi connectivity index (χ2v) is 4.66. The molecule has 2 atom stereocenters. The third-order valence-electron chi connectivity index (χ3n) is 3.39. The fourth-order valence-electron chi connectivity index (χ4n) is 2.44. The second kappa shape index (κ2) is 5.31. The normalized spacial score (nSPS) is 23.9. The van der Waals surface area contributed by atoms with Gasteiger partial charge in [0.2, 0.25) is 0 Å². The summed E-state index contributed by atoms with van der Waals surface area (Å²) in [7, 11) is 2.12. The summed E-state index contributed by atoms with van der Waals surface area (Å²) >= 11 is 0. The van der Waals surface area contributed by atoms with E-state index in [9.17, 15) is 0 Å². The van der Waals surface area contributed by atoms with E-state index >= 15 is 0 Å². The standard InChI is InChI=1S/C14H18N2O/c1-11-14(6-7-17-11)16(2)10-13-5-3-4-12(8-13)9-15/h3-5,8,11,14H,6-7,10H2,1-2H3. The number of hydrogen-bond donors (Lipinski definition) is 0. The third kappa shape index (κ3) is 2.85. The van der Waals surface area contributed by atoms with Gasteiger partial charge in [0.25, 0.3) is 0 Å². The Balaban J connectivity index is 2.02. The van der Waals surface area contributed by atoms with Gasteiger partial charge in [0.15, 0.2) is 0 Å². The highest BCUT2D eigenvalue weighted by Gasteiger charge is 2.27. The van der Waals surface area contributed by atoms with Crippen LogP contribution in [0.1, 0.15) is 24.5 Å². The molecule has 1 aliphatic heterocycles. The zero-order valence-corrected chi connectivity index (χ0v) is 10.4. The van der Waals surface area contributed by atoms with Gasteiger partial charge in [-0.25, -0.2) is 0 Å². The van der Waals surface area contributed by atoms with Crippen LogP contribution in [0.15, 0.2) is 24.3 Å². The van der Waals surface area contributed by atoms with Crippen molar-refractivity contribution in [3.05, 3.63) is 35.4 Å². The molecule has 0 saturated carbocycles. The van der Waals surface area contributed by atoms with E-state index in [1.165, 1.54) is 5.56 Å². The Morgan fingerprint density at radius 1 is 1.53 bits per heavy atom. The lowest BCUT2D eigenvalue weighted by Crippen LogP contribution is -2.36. The molecular formula is C14H18N2O. The summed E-state index contributed by atoms with van der Waals surface area (Å²) in [5.74, 6) is 0. The van der Waals surface area contributed by atoms with Crippen molar-refractivity contribution in [1.82, 2.24) is 4.90 Å². The smallest absolute Gasteiger partial charge is 0.0991 e. The van der Waals surface area contributed by atoms with Crippen LogP contribution in [0.4, 0.5) is 0 Å². The highest BCUT2D eigenvalue weighted by Crippen LogP contribution is 2.20. The average Bonchev–Trinajstić information content (AvgIpc) is 2.76. The van der Waals surface area contributed by atoms with Crippen molar-refractivity contribution in [2.24, 2.45) is 0 Å². The summed E-state index contributed by atoms with van der Waals surface area (Å²) in [4.78, 5) is 2.31. The summed E-state index contributed by atoms with van der Waals surface area (Å²) in [5.41, 5.74) is 1.91. The fraction of sp³-hybridized carbons (Fsp3) is 0.500. The van der Waals surface area contributed by atoms with Gasteiger partial charge in [-0.3, -0.25) is 4.90 Å². The van der Waals surface area contributed by atoms with Gasteiger partial charge in [-0.1, -0.05) is 12.1 Å². The van der Waals surface area contributed by atoms with Crippen LogP contribution in [0.5, 0.6) is 0 Å². The monoisotopic (exact) mass is 230 g/mol. The first-order valence-electron chi connectivity index (χ1n) is 6.01. The van der Waals surface area contributed by atoms with Gasteiger partial charge >= 0.3 is 0 Å². The number of benzene rings is 1. The highest BCUT2D eigenvalue weighted by atomic mass is 16.5. The molecule has 3 heteroatoms. The van der Waals surface area contributed by atoms with Crippen molar-refractivity contribution in [3.8, 4) is 6.07 Å². The minimum atomic E-state index is 0.305. The van der Waals surface area contributed by atoms with Crippen molar-refractivity contribution in [3.63, 3.8) is 0 Å². The van der Waals surface area contributed by atoms with Crippen LogP contribution in [0.2, 0.25) is 0 Å². The van der Waals surface area contributed by atoms with Gasteiger partial charge in [-0.2, -0.15) is 5.26 Å². The van der Waals surface area contributed by atoms with Crippen molar-refractivity contribution in [2.75, 3.05) is 13.7 Å². The minimum Gasteiger partial charge on any atom is -0.377 e. The predicted molar refractivity (Wildman–Crippen MR) is 66.4 cm³/mol. The molecule has 1 fully saturated rings. The van der Waals surface area contributed by atoms with E-state index in [0.29, 0.717) is 12.1 Å². The number of nitriles is 1.